The van der Waals surface area contributed by atoms with Crippen LogP contribution in [0.15, 0.2) is 24.4 Å². The number of nitrogens with zero attached hydrogens (tertiary/aromatic N) is 3. The molecule has 0 unspecified atom stereocenters. The average Bonchev–Trinajstić information content (AvgIpc) is 3.33. The molecule has 0 bridgehead atoms. The monoisotopic (exact) mass is 398 g/mol. The number of ether oxygens (including phenoxy) is 2. The number of carbonyl (C=O) groups excluding carboxylic acids is 2. The van der Waals surface area contributed by atoms with Crippen LogP contribution in [0, 0.1) is 5.92 Å². The Morgan fingerprint density at radius 1 is 1.17 bits per heavy atom. The summed E-state index contributed by atoms with van der Waals surface area (Å²) in [6, 6.07) is 5.67. The van der Waals surface area contributed by atoms with Crippen molar-refractivity contribution < 1.29 is 19.1 Å². The number of anilines is 1. The second-order valence-electron chi connectivity index (χ2n) is 7.71. The maximum atomic E-state index is 12.3. The molecule has 1 saturated heterocycles. The van der Waals surface area contributed by atoms with Crippen molar-refractivity contribution in [2.45, 2.75) is 32.6 Å². The topological polar surface area (TPSA) is 85.7 Å². The number of aromatic nitrogens is 2. The summed E-state index contributed by atoms with van der Waals surface area (Å²) in [7, 11) is 1.84. The number of benzene rings is 1. The smallest absolute Gasteiger partial charge is 0.231 e. The summed E-state index contributed by atoms with van der Waals surface area (Å²) in [4.78, 5) is 30.8. The maximum absolute atomic E-state index is 12.3. The van der Waals surface area contributed by atoms with E-state index in [0.29, 0.717) is 17.6 Å². The fourth-order valence-electron chi connectivity index (χ4n) is 3.67. The van der Waals surface area contributed by atoms with Gasteiger partial charge >= 0.3 is 0 Å². The van der Waals surface area contributed by atoms with Crippen molar-refractivity contribution in [1.29, 1.82) is 0 Å². The van der Waals surface area contributed by atoms with Crippen LogP contribution in [0.25, 0.3) is 11.3 Å². The Morgan fingerprint density at radius 2 is 1.93 bits per heavy atom. The molecule has 0 atom stereocenters. The number of carbonyl (C=O) groups is 2. The summed E-state index contributed by atoms with van der Waals surface area (Å²) in [6.45, 7) is 4.01. The molecule has 29 heavy (non-hydrogen) atoms. The minimum Gasteiger partial charge on any atom is -0.454 e. The highest BCUT2D eigenvalue weighted by atomic mass is 16.7. The van der Waals surface area contributed by atoms with Gasteiger partial charge in [0.15, 0.2) is 11.5 Å². The van der Waals surface area contributed by atoms with E-state index in [2.05, 4.69) is 17.2 Å². The fraction of sp³-hybridized carbons (Fsp3) is 0.476. The molecule has 0 spiro atoms. The van der Waals surface area contributed by atoms with E-state index in [4.69, 9.17) is 9.47 Å². The number of rotatable bonds is 5. The van der Waals surface area contributed by atoms with Gasteiger partial charge in [-0.1, -0.05) is 6.92 Å². The molecule has 1 aromatic heterocycles. The van der Waals surface area contributed by atoms with Crippen LogP contribution in [0.1, 0.15) is 32.6 Å². The van der Waals surface area contributed by atoms with Crippen LogP contribution in [0.2, 0.25) is 0 Å². The summed E-state index contributed by atoms with van der Waals surface area (Å²) in [6.07, 6.45) is 4.14. The van der Waals surface area contributed by atoms with Crippen molar-refractivity contribution in [3.8, 4) is 22.8 Å². The highest BCUT2D eigenvalue weighted by Crippen LogP contribution is 2.36. The first-order valence-corrected chi connectivity index (χ1v) is 10.0. The van der Waals surface area contributed by atoms with Crippen LogP contribution < -0.4 is 14.8 Å². The molecular formula is C21H26N4O4. The zero-order chi connectivity index (χ0) is 20.4. The van der Waals surface area contributed by atoms with Crippen LogP contribution in [-0.4, -0.2) is 46.1 Å². The predicted molar refractivity (Wildman–Crippen MR) is 108 cm³/mol. The van der Waals surface area contributed by atoms with Gasteiger partial charge in [0.1, 0.15) is 0 Å². The third-order valence-electron chi connectivity index (χ3n) is 5.61. The molecule has 3 heterocycles. The molecule has 1 fully saturated rings. The highest BCUT2D eigenvalue weighted by molar-refractivity contribution is 5.92. The Morgan fingerprint density at radius 3 is 2.72 bits per heavy atom. The normalized spacial score (nSPS) is 16.1. The minimum atomic E-state index is -0.213. The molecule has 8 nitrogen and oxygen atoms in total. The Labute approximate surface area is 169 Å². The third kappa shape index (κ3) is 4.21. The number of fused-ring (bicyclic) bond motifs is 1. The van der Waals surface area contributed by atoms with E-state index >= 15 is 0 Å². The van der Waals surface area contributed by atoms with E-state index in [9.17, 15) is 9.59 Å². The summed E-state index contributed by atoms with van der Waals surface area (Å²) < 4.78 is 12.6. The lowest BCUT2D eigenvalue weighted by atomic mass is 9.99. The molecule has 2 aromatic rings. The van der Waals surface area contributed by atoms with Gasteiger partial charge in [0.25, 0.3) is 0 Å². The van der Waals surface area contributed by atoms with Gasteiger partial charge in [0, 0.05) is 38.5 Å². The van der Waals surface area contributed by atoms with Crippen molar-refractivity contribution in [2.75, 3.05) is 25.2 Å². The molecule has 2 aliphatic rings. The lowest BCUT2D eigenvalue weighted by molar-refractivity contribution is -0.134. The first-order chi connectivity index (χ1) is 14.0. The number of likely N-dealkylation sites (tertiary alicyclic amines) is 1. The summed E-state index contributed by atoms with van der Waals surface area (Å²) in [5, 5.41) is 2.80. The Bertz CT molecular complexity index is 915. The van der Waals surface area contributed by atoms with Crippen LogP contribution in [-0.2, 0) is 16.6 Å². The van der Waals surface area contributed by atoms with E-state index in [1.165, 1.54) is 0 Å². The third-order valence-corrected chi connectivity index (χ3v) is 5.61. The van der Waals surface area contributed by atoms with Gasteiger partial charge in [-0.3, -0.25) is 14.9 Å². The molecule has 0 radical (unpaired) electrons. The summed E-state index contributed by atoms with van der Waals surface area (Å²) in [5.74, 6) is 2.37. The molecule has 0 aliphatic carbocycles. The maximum Gasteiger partial charge on any atom is 0.231 e. The first kappa shape index (κ1) is 19.3. The van der Waals surface area contributed by atoms with Crippen LogP contribution in [0.4, 0.5) is 5.95 Å². The highest BCUT2D eigenvalue weighted by Gasteiger charge is 2.21. The van der Waals surface area contributed by atoms with Gasteiger partial charge in [-0.25, -0.2) is 4.98 Å². The fourth-order valence-corrected chi connectivity index (χ4v) is 3.67. The van der Waals surface area contributed by atoms with Gasteiger partial charge < -0.3 is 18.9 Å². The molecule has 4 rings (SSSR count). The summed E-state index contributed by atoms with van der Waals surface area (Å²) in [5.41, 5.74) is 1.76. The van der Waals surface area contributed by atoms with E-state index in [1.54, 1.807) is 6.20 Å². The van der Waals surface area contributed by atoms with Gasteiger partial charge in [0.2, 0.25) is 24.6 Å². The Hall–Kier alpha value is -3.03. The predicted octanol–water partition coefficient (Wildman–Crippen LogP) is 2.79. The van der Waals surface area contributed by atoms with Crippen LogP contribution in [0.3, 0.4) is 0 Å². The number of hydrogen-bond donors (Lipinski definition) is 1. The second kappa shape index (κ2) is 8.14. The van der Waals surface area contributed by atoms with E-state index in [-0.39, 0.29) is 31.4 Å². The van der Waals surface area contributed by atoms with Crippen LogP contribution >= 0.6 is 0 Å². The van der Waals surface area contributed by atoms with E-state index < -0.39 is 0 Å². The molecule has 8 heteroatoms. The van der Waals surface area contributed by atoms with E-state index in [0.717, 1.165) is 42.9 Å². The molecule has 1 aromatic carbocycles. The number of piperidine rings is 1. The second-order valence-corrected chi connectivity index (χ2v) is 7.71. The molecule has 0 saturated carbocycles. The molecule has 154 valence electrons. The van der Waals surface area contributed by atoms with Gasteiger partial charge in [-0.05, 0) is 37.0 Å². The quantitative estimate of drug-likeness (QED) is 0.837. The molecular weight excluding hydrogens is 372 g/mol. The van der Waals surface area contributed by atoms with Gasteiger partial charge in [-0.2, -0.15) is 0 Å². The zero-order valence-corrected chi connectivity index (χ0v) is 16.8. The number of imidazole rings is 1. The standard InChI is InChI=1S/C21H26N4O4/c1-14-7-9-25(10-8-14)20(27)6-5-19(26)23-21-22-12-16(24(21)2)15-3-4-17-18(11-15)29-13-28-17/h3-4,11-12,14H,5-10,13H2,1-2H3,(H,22,23,26). The Kier molecular flexibility index (Phi) is 5.42. The van der Waals surface area contributed by atoms with Crippen molar-refractivity contribution in [1.82, 2.24) is 14.5 Å². The lowest BCUT2D eigenvalue weighted by Crippen LogP contribution is -2.38. The molecule has 2 amide bonds. The molecule has 2 aliphatic heterocycles. The number of nitrogens with one attached hydrogen (secondary N) is 1. The average molecular weight is 398 g/mol. The van der Waals surface area contributed by atoms with Crippen LogP contribution in [0.5, 0.6) is 11.5 Å². The van der Waals surface area contributed by atoms with Crippen molar-refractivity contribution in [2.24, 2.45) is 13.0 Å². The SMILES string of the molecule is CC1CCN(C(=O)CCC(=O)Nc2ncc(-c3ccc4c(c3)OCO4)n2C)CC1. The Balaban J connectivity index is 1.34. The van der Waals surface area contributed by atoms with Gasteiger partial charge in [-0.15, -0.1) is 0 Å². The summed E-state index contributed by atoms with van der Waals surface area (Å²) >= 11 is 0. The van der Waals surface area contributed by atoms with Crippen molar-refractivity contribution in [3.63, 3.8) is 0 Å². The lowest BCUT2D eigenvalue weighted by Gasteiger charge is -2.30. The van der Waals surface area contributed by atoms with Gasteiger partial charge in [0.05, 0.1) is 11.9 Å². The van der Waals surface area contributed by atoms with Crippen molar-refractivity contribution >= 4 is 17.8 Å². The first-order valence-electron chi connectivity index (χ1n) is 10.0. The zero-order valence-electron chi connectivity index (χ0n) is 16.8. The largest absolute Gasteiger partial charge is 0.454 e. The number of hydrogen-bond acceptors (Lipinski definition) is 5. The minimum absolute atomic E-state index is 0.0490. The van der Waals surface area contributed by atoms with Crippen molar-refractivity contribution in [3.05, 3.63) is 24.4 Å². The molecule has 1 N–H and O–H groups in total. The number of amides is 2. The van der Waals surface area contributed by atoms with E-state index in [1.807, 2.05) is 34.7 Å².